The summed E-state index contributed by atoms with van der Waals surface area (Å²) >= 11 is 0. The summed E-state index contributed by atoms with van der Waals surface area (Å²) in [5, 5.41) is 8.81. The number of anilines is 1. The highest BCUT2D eigenvalue weighted by Crippen LogP contribution is 2.20. The maximum atomic E-state index is 8.81. The van der Waals surface area contributed by atoms with Gasteiger partial charge in [0.25, 0.3) is 0 Å². The number of ether oxygens (including phenoxy) is 1. The molecular formula is C17H24N4O. The summed E-state index contributed by atoms with van der Waals surface area (Å²) in [5.41, 5.74) is 0.609. The van der Waals surface area contributed by atoms with Crippen LogP contribution in [0.1, 0.15) is 31.2 Å². The van der Waals surface area contributed by atoms with Crippen LogP contribution in [0, 0.1) is 11.3 Å². The van der Waals surface area contributed by atoms with Crippen molar-refractivity contribution < 1.29 is 4.74 Å². The number of pyridine rings is 1. The minimum absolute atomic E-state index is 0.308. The van der Waals surface area contributed by atoms with E-state index in [-0.39, 0.29) is 0 Å². The van der Waals surface area contributed by atoms with Crippen LogP contribution in [0.4, 0.5) is 5.82 Å². The lowest BCUT2D eigenvalue weighted by Crippen LogP contribution is -2.34. The maximum Gasteiger partial charge on any atom is 0.128 e. The summed E-state index contributed by atoms with van der Waals surface area (Å²) in [7, 11) is 0. The fourth-order valence-electron chi connectivity index (χ4n) is 3.24. The maximum absolute atomic E-state index is 8.81. The molecule has 22 heavy (non-hydrogen) atoms. The number of likely N-dealkylation sites (tertiary alicyclic amines) is 1. The van der Waals surface area contributed by atoms with E-state index in [1.807, 2.05) is 12.1 Å². The van der Waals surface area contributed by atoms with Gasteiger partial charge >= 0.3 is 0 Å². The molecule has 0 radical (unpaired) electrons. The first-order valence-corrected chi connectivity index (χ1v) is 8.30. The molecule has 3 heterocycles. The zero-order valence-electron chi connectivity index (χ0n) is 13.1. The fraction of sp³-hybridized carbons (Fsp3) is 0.647. The van der Waals surface area contributed by atoms with Crippen molar-refractivity contribution in [1.29, 1.82) is 5.26 Å². The molecule has 3 rings (SSSR count). The van der Waals surface area contributed by atoms with E-state index >= 15 is 0 Å². The van der Waals surface area contributed by atoms with Crippen LogP contribution >= 0.6 is 0 Å². The molecule has 5 nitrogen and oxygen atoms in total. The second-order valence-electron chi connectivity index (χ2n) is 6.15. The van der Waals surface area contributed by atoms with Crippen molar-refractivity contribution in [2.75, 3.05) is 44.2 Å². The molecule has 1 aromatic heterocycles. The SMILES string of the molecule is N#Cc1ccc(N2CC[C@@H](OCCN3CCCCC3)C2)nc1. The van der Waals surface area contributed by atoms with Crippen molar-refractivity contribution in [2.24, 2.45) is 0 Å². The van der Waals surface area contributed by atoms with Crippen LogP contribution in [0.15, 0.2) is 18.3 Å². The Bertz CT molecular complexity index is 504. The van der Waals surface area contributed by atoms with E-state index in [1.165, 1.54) is 32.4 Å². The van der Waals surface area contributed by atoms with Gasteiger partial charge in [-0.25, -0.2) is 4.98 Å². The van der Waals surface area contributed by atoms with Gasteiger partial charge in [-0.05, 0) is 44.5 Å². The van der Waals surface area contributed by atoms with Crippen molar-refractivity contribution >= 4 is 5.82 Å². The predicted octanol–water partition coefficient (Wildman–Crippen LogP) is 2.03. The van der Waals surface area contributed by atoms with Crippen molar-refractivity contribution in [1.82, 2.24) is 9.88 Å². The number of hydrogen-bond acceptors (Lipinski definition) is 5. The Morgan fingerprint density at radius 3 is 2.82 bits per heavy atom. The van der Waals surface area contributed by atoms with E-state index < -0.39 is 0 Å². The Balaban J connectivity index is 1.40. The van der Waals surface area contributed by atoms with E-state index in [0.29, 0.717) is 11.7 Å². The summed E-state index contributed by atoms with van der Waals surface area (Å²) in [6, 6.07) is 5.85. The third-order valence-corrected chi connectivity index (χ3v) is 4.56. The van der Waals surface area contributed by atoms with E-state index in [9.17, 15) is 0 Å². The molecule has 118 valence electrons. The molecule has 2 aliphatic heterocycles. The quantitative estimate of drug-likeness (QED) is 0.833. The lowest BCUT2D eigenvalue weighted by molar-refractivity contribution is 0.0467. The van der Waals surface area contributed by atoms with Gasteiger partial charge in [-0.1, -0.05) is 6.42 Å². The summed E-state index contributed by atoms with van der Waals surface area (Å²) in [5.74, 6) is 0.945. The standard InChI is InChI=1S/C17H24N4O/c18-12-15-4-5-17(19-13-15)21-9-6-16(14-21)22-11-10-20-7-2-1-3-8-20/h4-5,13,16H,1-3,6-11,14H2/t16-/m1/s1. The van der Waals surface area contributed by atoms with Crippen LogP contribution < -0.4 is 4.90 Å². The number of nitrogens with zero attached hydrogens (tertiary/aromatic N) is 4. The van der Waals surface area contributed by atoms with Gasteiger partial charge < -0.3 is 14.5 Å². The molecule has 0 bridgehead atoms. The monoisotopic (exact) mass is 300 g/mol. The number of piperidine rings is 1. The minimum atomic E-state index is 0.308. The molecule has 5 heteroatoms. The van der Waals surface area contributed by atoms with Gasteiger partial charge in [0.1, 0.15) is 11.9 Å². The highest BCUT2D eigenvalue weighted by molar-refractivity contribution is 5.42. The van der Waals surface area contributed by atoms with Gasteiger partial charge in [0.15, 0.2) is 0 Å². The van der Waals surface area contributed by atoms with Crippen LogP contribution in [0.5, 0.6) is 0 Å². The Labute approximate surface area is 132 Å². The predicted molar refractivity (Wildman–Crippen MR) is 85.8 cm³/mol. The molecule has 0 aliphatic carbocycles. The normalized spacial score (nSPS) is 22.7. The van der Waals surface area contributed by atoms with Gasteiger partial charge in [-0.15, -0.1) is 0 Å². The third kappa shape index (κ3) is 3.96. The molecule has 0 aromatic carbocycles. The average Bonchev–Trinajstić information content (AvgIpc) is 3.05. The highest BCUT2D eigenvalue weighted by Gasteiger charge is 2.24. The van der Waals surface area contributed by atoms with Gasteiger partial charge in [0.05, 0.1) is 18.3 Å². The first-order chi connectivity index (χ1) is 10.8. The topological polar surface area (TPSA) is 52.4 Å². The zero-order chi connectivity index (χ0) is 15.2. The number of rotatable bonds is 5. The first kappa shape index (κ1) is 15.3. The molecule has 0 unspecified atom stereocenters. The molecule has 1 aromatic rings. The van der Waals surface area contributed by atoms with Gasteiger partial charge in [0, 0.05) is 25.8 Å². The molecule has 2 fully saturated rings. The highest BCUT2D eigenvalue weighted by atomic mass is 16.5. The molecule has 2 saturated heterocycles. The van der Waals surface area contributed by atoms with Crippen molar-refractivity contribution in [3.8, 4) is 6.07 Å². The fourth-order valence-corrected chi connectivity index (χ4v) is 3.24. The first-order valence-electron chi connectivity index (χ1n) is 8.30. The van der Waals surface area contributed by atoms with Crippen LogP contribution in [0.2, 0.25) is 0 Å². The smallest absolute Gasteiger partial charge is 0.128 e. The number of hydrogen-bond donors (Lipinski definition) is 0. The molecule has 0 saturated carbocycles. The lowest BCUT2D eigenvalue weighted by atomic mass is 10.1. The van der Waals surface area contributed by atoms with Crippen LogP contribution in [0.25, 0.3) is 0 Å². The van der Waals surface area contributed by atoms with Crippen LogP contribution in [-0.4, -0.2) is 55.3 Å². The average molecular weight is 300 g/mol. The van der Waals surface area contributed by atoms with Crippen LogP contribution in [0.3, 0.4) is 0 Å². The largest absolute Gasteiger partial charge is 0.375 e. The summed E-state index contributed by atoms with van der Waals surface area (Å²) in [6.45, 7) is 6.24. The summed E-state index contributed by atoms with van der Waals surface area (Å²) in [6.07, 6.45) is 7.05. The summed E-state index contributed by atoms with van der Waals surface area (Å²) in [4.78, 5) is 9.11. The Kier molecular flexibility index (Phi) is 5.25. The molecule has 0 N–H and O–H groups in total. The van der Waals surface area contributed by atoms with Crippen molar-refractivity contribution in [3.63, 3.8) is 0 Å². The molecule has 1 atom stereocenters. The second-order valence-corrected chi connectivity index (χ2v) is 6.15. The Morgan fingerprint density at radius 1 is 1.23 bits per heavy atom. The third-order valence-electron chi connectivity index (χ3n) is 4.56. The minimum Gasteiger partial charge on any atom is -0.375 e. The van der Waals surface area contributed by atoms with E-state index in [4.69, 9.17) is 10.00 Å². The van der Waals surface area contributed by atoms with Gasteiger partial charge in [0.2, 0.25) is 0 Å². The lowest BCUT2D eigenvalue weighted by Gasteiger charge is -2.26. The van der Waals surface area contributed by atoms with Crippen LogP contribution in [-0.2, 0) is 4.74 Å². The van der Waals surface area contributed by atoms with E-state index in [1.54, 1.807) is 6.20 Å². The molecule has 2 aliphatic rings. The molecule has 0 spiro atoms. The second kappa shape index (κ2) is 7.57. The molecular weight excluding hydrogens is 276 g/mol. The zero-order valence-corrected chi connectivity index (χ0v) is 13.1. The van der Waals surface area contributed by atoms with Crippen molar-refractivity contribution in [3.05, 3.63) is 23.9 Å². The summed E-state index contributed by atoms with van der Waals surface area (Å²) < 4.78 is 6.04. The Morgan fingerprint density at radius 2 is 2.09 bits per heavy atom. The van der Waals surface area contributed by atoms with Gasteiger partial charge in [-0.3, -0.25) is 0 Å². The van der Waals surface area contributed by atoms with Crippen molar-refractivity contribution in [2.45, 2.75) is 31.8 Å². The van der Waals surface area contributed by atoms with E-state index in [2.05, 4.69) is 20.9 Å². The van der Waals surface area contributed by atoms with Gasteiger partial charge in [-0.2, -0.15) is 5.26 Å². The van der Waals surface area contributed by atoms with E-state index in [0.717, 1.165) is 38.5 Å². The number of aromatic nitrogens is 1. The number of nitriles is 1. The Hall–Kier alpha value is -1.64. The molecule has 0 amide bonds.